The molecular formula is C17H25NO2. The second-order valence-electron chi connectivity index (χ2n) is 5.67. The highest BCUT2D eigenvalue weighted by molar-refractivity contribution is 5.72. The number of rotatable bonds is 5. The first kappa shape index (κ1) is 15.0. The molecule has 1 aliphatic rings. The van der Waals surface area contributed by atoms with Gasteiger partial charge in [-0.05, 0) is 45.1 Å². The molecule has 0 aliphatic heterocycles. The van der Waals surface area contributed by atoms with Crippen LogP contribution in [0.1, 0.15) is 43.7 Å². The predicted octanol–water partition coefficient (Wildman–Crippen LogP) is 3.21. The lowest BCUT2D eigenvalue weighted by molar-refractivity contribution is -0.149. The van der Waals surface area contributed by atoms with Crippen molar-refractivity contribution < 1.29 is 9.53 Å². The Morgan fingerprint density at radius 2 is 1.85 bits per heavy atom. The molecule has 0 atom stereocenters. The number of aryl methyl sites for hydroxylation is 1. The van der Waals surface area contributed by atoms with Crippen molar-refractivity contribution >= 4 is 5.97 Å². The summed E-state index contributed by atoms with van der Waals surface area (Å²) in [5, 5.41) is 3.60. The molecule has 2 rings (SSSR count). The smallest absolute Gasteiger partial charge is 0.308 e. The number of hydrogen-bond donors (Lipinski definition) is 1. The Morgan fingerprint density at radius 1 is 1.20 bits per heavy atom. The molecular weight excluding hydrogens is 250 g/mol. The van der Waals surface area contributed by atoms with Crippen LogP contribution in [-0.2, 0) is 16.1 Å². The highest BCUT2D eigenvalue weighted by atomic mass is 16.5. The fraction of sp³-hybridized carbons (Fsp3) is 0.588. The summed E-state index contributed by atoms with van der Waals surface area (Å²) >= 11 is 0. The van der Waals surface area contributed by atoms with Crippen molar-refractivity contribution in [1.82, 2.24) is 5.32 Å². The van der Waals surface area contributed by atoms with E-state index in [2.05, 4.69) is 36.5 Å². The molecule has 0 heterocycles. The van der Waals surface area contributed by atoms with Crippen LogP contribution in [0.2, 0.25) is 0 Å². The minimum absolute atomic E-state index is 0.00974. The Labute approximate surface area is 121 Å². The van der Waals surface area contributed by atoms with Gasteiger partial charge in [0.05, 0.1) is 12.5 Å². The summed E-state index contributed by atoms with van der Waals surface area (Å²) in [6, 6.07) is 9.17. The van der Waals surface area contributed by atoms with Crippen molar-refractivity contribution in [3.63, 3.8) is 0 Å². The first-order valence-electron chi connectivity index (χ1n) is 7.64. The van der Waals surface area contributed by atoms with Crippen LogP contribution in [0.3, 0.4) is 0 Å². The summed E-state index contributed by atoms with van der Waals surface area (Å²) in [6.07, 6.45) is 4.03. The molecule has 110 valence electrons. The van der Waals surface area contributed by atoms with E-state index in [4.69, 9.17) is 4.74 Å². The molecule has 0 spiro atoms. The summed E-state index contributed by atoms with van der Waals surface area (Å²) in [5.41, 5.74) is 2.62. The van der Waals surface area contributed by atoms with Gasteiger partial charge in [-0.2, -0.15) is 0 Å². The summed E-state index contributed by atoms with van der Waals surface area (Å²) in [7, 11) is 0. The fourth-order valence-electron chi connectivity index (χ4n) is 2.76. The zero-order valence-electron chi connectivity index (χ0n) is 12.5. The largest absolute Gasteiger partial charge is 0.466 e. The lowest BCUT2D eigenvalue weighted by atomic mass is 9.86. The van der Waals surface area contributed by atoms with Crippen LogP contribution in [0.25, 0.3) is 0 Å². The molecule has 0 bridgehead atoms. The Hall–Kier alpha value is -1.35. The van der Waals surface area contributed by atoms with Crippen molar-refractivity contribution in [1.29, 1.82) is 0 Å². The van der Waals surface area contributed by atoms with E-state index in [0.717, 1.165) is 32.2 Å². The number of carbonyl (C=O) groups is 1. The molecule has 3 nitrogen and oxygen atoms in total. The van der Waals surface area contributed by atoms with E-state index < -0.39 is 0 Å². The lowest BCUT2D eigenvalue weighted by Gasteiger charge is -2.28. The number of esters is 1. The van der Waals surface area contributed by atoms with Gasteiger partial charge in [0, 0.05) is 12.6 Å². The molecule has 3 heteroatoms. The molecule has 20 heavy (non-hydrogen) atoms. The van der Waals surface area contributed by atoms with Crippen LogP contribution in [0, 0.1) is 12.8 Å². The van der Waals surface area contributed by atoms with Gasteiger partial charge >= 0.3 is 5.97 Å². The van der Waals surface area contributed by atoms with Crippen LogP contribution in [0.15, 0.2) is 24.3 Å². The zero-order chi connectivity index (χ0) is 14.4. The van der Waals surface area contributed by atoms with E-state index in [-0.39, 0.29) is 11.9 Å². The topological polar surface area (TPSA) is 38.3 Å². The van der Waals surface area contributed by atoms with Crippen molar-refractivity contribution in [2.24, 2.45) is 5.92 Å². The summed E-state index contributed by atoms with van der Waals surface area (Å²) in [6.45, 7) is 5.37. The predicted molar refractivity (Wildman–Crippen MR) is 80.4 cm³/mol. The molecule has 1 fully saturated rings. The van der Waals surface area contributed by atoms with Gasteiger partial charge in [0.1, 0.15) is 0 Å². The van der Waals surface area contributed by atoms with E-state index in [1.165, 1.54) is 11.1 Å². The number of carbonyl (C=O) groups excluding carboxylic acids is 1. The Bertz CT molecular complexity index is 419. The number of ether oxygens (including phenoxy) is 1. The van der Waals surface area contributed by atoms with Gasteiger partial charge in [-0.3, -0.25) is 4.79 Å². The molecule has 1 N–H and O–H groups in total. The highest BCUT2D eigenvalue weighted by Crippen LogP contribution is 2.25. The quantitative estimate of drug-likeness (QED) is 0.839. The third-order valence-corrected chi connectivity index (χ3v) is 4.06. The Kier molecular flexibility index (Phi) is 5.60. The first-order valence-corrected chi connectivity index (χ1v) is 7.64. The maximum Gasteiger partial charge on any atom is 0.308 e. The molecule has 0 radical (unpaired) electrons. The third kappa shape index (κ3) is 4.34. The number of hydrogen-bond acceptors (Lipinski definition) is 3. The van der Waals surface area contributed by atoms with E-state index in [1.54, 1.807) is 0 Å². The maximum atomic E-state index is 11.7. The highest BCUT2D eigenvalue weighted by Gasteiger charge is 2.26. The van der Waals surface area contributed by atoms with Crippen molar-refractivity contribution in [2.75, 3.05) is 6.61 Å². The molecule has 0 saturated heterocycles. The second-order valence-corrected chi connectivity index (χ2v) is 5.67. The standard InChI is InChI=1S/C17H25NO2/c1-3-20-17(19)15-8-10-16(11-9-15)18-12-14-6-4-13(2)5-7-14/h4-7,15-16,18H,3,8-12H2,1-2H3. The monoisotopic (exact) mass is 275 g/mol. The third-order valence-electron chi connectivity index (χ3n) is 4.06. The van der Waals surface area contributed by atoms with Gasteiger partial charge in [0.2, 0.25) is 0 Å². The van der Waals surface area contributed by atoms with Gasteiger partial charge in [-0.15, -0.1) is 0 Å². The summed E-state index contributed by atoms with van der Waals surface area (Å²) in [4.78, 5) is 11.7. The Balaban J connectivity index is 1.72. The van der Waals surface area contributed by atoms with Crippen molar-refractivity contribution in [2.45, 2.75) is 52.1 Å². The SMILES string of the molecule is CCOC(=O)C1CCC(NCc2ccc(C)cc2)CC1. The van der Waals surface area contributed by atoms with Crippen LogP contribution >= 0.6 is 0 Å². The van der Waals surface area contributed by atoms with Crippen molar-refractivity contribution in [3.8, 4) is 0 Å². The maximum absolute atomic E-state index is 11.7. The van der Waals surface area contributed by atoms with Gasteiger partial charge in [0.25, 0.3) is 0 Å². The van der Waals surface area contributed by atoms with E-state index in [0.29, 0.717) is 12.6 Å². The minimum Gasteiger partial charge on any atom is -0.466 e. The van der Waals surface area contributed by atoms with E-state index in [9.17, 15) is 4.79 Å². The van der Waals surface area contributed by atoms with Gasteiger partial charge < -0.3 is 10.1 Å². The van der Waals surface area contributed by atoms with Gasteiger partial charge in [0.15, 0.2) is 0 Å². The molecule has 0 unspecified atom stereocenters. The van der Waals surface area contributed by atoms with E-state index in [1.807, 2.05) is 6.92 Å². The zero-order valence-corrected chi connectivity index (χ0v) is 12.5. The van der Waals surface area contributed by atoms with Crippen LogP contribution in [0.4, 0.5) is 0 Å². The van der Waals surface area contributed by atoms with E-state index >= 15 is 0 Å². The average Bonchev–Trinajstić information content (AvgIpc) is 2.47. The number of benzene rings is 1. The fourth-order valence-corrected chi connectivity index (χ4v) is 2.76. The molecule has 1 aromatic carbocycles. The van der Waals surface area contributed by atoms with Crippen LogP contribution in [-0.4, -0.2) is 18.6 Å². The van der Waals surface area contributed by atoms with Crippen LogP contribution in [0.5, 0.6) is 0 Å². The first-order chi connectivity index (χ1) is 9.69. The molecule has 0 aromatic heterocycles. The second kappa shape index (κ2) is 7.44. The summed E-state index contributed by atoms with van der Waals surface area (Å²) in [5.74, 6) is 0.108. The lowest BCUT2D eigenvalue weighted by Crippen LogP contribution is -2.35. The molecule has 1 aromatic rings. The molecule has 0 amide bonds. The van der Waals surface area contributed by atoms with Crippen molar-refractivity contribution in [3.05, 3.63) is 35.4 Å². The molecule has 1 aliphatic carbocycles. The normalized spacial score (nSPS) is 22.5. The van der Waals surface area contributed by atoms with Crippen LogP contribution < -0.4 is 5.32 Å². The minimum atomic E-state index is -0.00974. The molecule has 1 saturated carbocycles. The number of nitrogens with one attached hydrogen (secondary N) is 1. The van der Waals surface area contributed by atoms with Gasteiger partial charge in [-0.25, -0.2) is 0 Å². The summed E-state index contributed by atoms with van der Waals surface area (Å²) < 4.78 is 5.10. The van der Waals surface area contributed by atoms with Gasteiger partial charge in [-0.1, -0.05) is 29.8 Å². The average molecular weight is 275 g/mol. The Morgan fingerprint density at radius 3 is 2.45 bits per heavy atom.